The highest BCUT2D eigenvalue weighted by Gasteiger charge is 2.42. The van der Waals surface area contributed by atoms with E-state index in [4.69, 9.17) is 21.1 Å². The van der Waals surface area contributed by atoms with Gasteiger partial charge in [0.15, 0.2) is 5.43 Å². The quantitative estimate of drug-likeness (QED) is 0.745. The third kappa shape index (κ3) is 2.88. The highest BCUT2D eigenvalue weighted by molar-refractivity contribution is 6.30. The van der Waals surface area contributed by atoms with Gasteiger partial charge in [-0.2, -0.15) is 0 Å². The van der Waals surface area contributed by atoms with Crippen LogP contribution in [-0.4, -0.2) is 28.4 Å². The van der Waals surface area contributed by atoms with Gasteiger partial charge >= 0.3 is 5.97 Å². The minimum atomic E-state index is -1.03. The summed E-state index contributed by atoms with van der Waals surface area (Å²) in [4.78, 5) is 38.5. The van der Waals surface area contributed by atoms with Crippen LogP contribution in [0.15, 0.2) is 57.7 Å². The van der Waals surface area contributed by atoms with Gasteiger partial charge in [-0.15, -0.1) is 0 Å². The van der Waals surface area contributed by atoms with Crippen molar-refractivity contribution in [2.75, 3.05) is 6.54 Å². The fourth-order valence-corrected chi connectivity index (χ4v) is 3.53. The maximum atomic E-state index is 13.1. The van der Waals surface area contributed by atoms with E-state index in [1.807, 2.05) is 0 Å². The fourth-order valence-electron chi connectivity index (χ4n) is 3.41. The first-order valence-electron chi connectivity index (χ1n) is 8.31. The number of benzene rings is 2. The van der Waals surface area contributed by atoms with Gasteiger partial charge in [0.1, 0.15) is 5.58 Å². The van der Waals surface area contributed by atoms with Crippen LogP contribution >= 0.6 is 11.6 Å². The number of carbonyl (C=O) groups excluding carboxylic acids is 1. The summed E-state index contributed by atoms with van der Waals surface area (Å²) in [5.41, 5.74) is 0.924. The highest BCUT2D eigenvalue weighted by atomic mass is 35.5. The van der Waals surface area contributed by atoms with Gasteiger partial charge in [0.05, 0.1) is 23.4 Å². The van der Waals surface area contributed by atoms with Crippen molar-refractivity contribution in [3.05, 3.63) is 80.7 Å². The van der Waals surface area contributed by atoms with Crippen molar-refractivity contribution in [1.29, 1.82) is 0 Å². The molecule has 0 radical (unpaired) electrons. The largest absolute Gasteiger partial charge is 0.481 e. The molecular formula is C20H14ClNO5. The number of nitrogens with zero attached hydrogens (tertiary/aromatic N) is 1. The van der Waals surface area contributed by atoms with Crippen LogP contribution in [0.1, 0.15) is 34.1 Å². The lowest BCUT2D eigenvalue weighted by Crippen LogP contribution is -2.31. The second-order valence-corrected chi connectivity index (χ2v) is 6.70. The molecule has 2 heterocycles. The molecule has 3 aromatic rings. The zero-order valence-corrected chi connectivity index (χ0v) is 14.8. The maximum Gasteiger partial charge on any atom is 0.305 e. The zero-order valence-electron chi connectivity index (χ0n) is 14.0. The molecule has 6 nitrogen and oxygen atoms in total. The average Bonchev–Trinajstić information content (AvgIpc) is 2.93. The molecule has 1 aromatic heterocycles. The molecule has 1 N–H and O–H groups in total. The molecule has 0 unspecified atom stereocenters. The van der Waals surface area contributed by atoms with E-state index in [1.54, 1.807) is 48.5 Å². The third-order valence-corrected chi connectivity index (χ3v) is 4.88. The van der Waals surface area contributed by atoms with Crippen LogP contribution in [0.5, 0.6) is 0 Å². The Hall–Kier alpha value is -3.12. The minimum Gasteiger partial charge on any atom is -0.481 e. The van der Waals surface area contributed by atoms with Gasteiger partial charge in [-0.05, 0) is 29.8 Å². The van der Waals surface area contributed by atoms with Crippen molar-refractivity contribution in [3.8, 4) is 0 Å². The molecule has 4 rings (SSSR count). The van der Waals surface area contributed by atoms with Gasteiger partial charge in [-0.3, -0.25) is 14.4 Å². The smallest absolute Gasteiger partial charge is 0.305 e. The van der Waals surface area contributed by atoms with Gasteiger partial charge in [0.2, 0.25) is 5.76 Å². The molecule has 136 valence electrons. The fraction of sp³-hybridized carbons (Fsp3) is 0.150. The molecule has 27 heavy (non-hydrogen) atoms. The lowest BCUT2D eigenvalue weighted by atomic mass is 9.98. The monoisotopic (exact) mass is 383 g/mol. The Kier molecular flexibility index (Phi) is 4.20. The number of hydrogen-bond donors (Lipinski definition) is 1. The highest BCUT2D eigenvalue weighted by Crippen LogP contribution is 2.38. The van der Waals surface area contributed by atoms with Crippen LogP contribution < -0.4 is 5.43 Å². The molecule has 1 aliphatic rings. The van der Waals surface area contributed by atoms with Crippen LogP contribution in [-0.2, 0) is 4.79 Å². The summed E-state index contributed by atoms with van der Waals surface area (Å²) in [5, 5.41) is 9.94. The van der Waals surface area contributed by atoms with E-state index in [9.17, 15) is 14.4 Å². The Bertz CT molecular complexity index is 1120. The van der Waals surface area contributed by atoms with Crippen LogP contribution in [0.3, 0.4) is 0 Å². The van der Waals surface area contributed by atoms with Gasteiger partial charge in [0, 0.05) is 11.6 Å². The molecule has 2 aromatic carbocycles. The maximum absolute atomic E-state index is 13.1. The van der Waals surface area contributed by atoms with Crippen LogP contribution in [0, 0.1) is 0 Å². The lowest BCUT2D eigenvalue weighted by Gasteiger charge is -2.24. The molecule has 0 fully saturated rings. The van der Waals surface area contributed by atoms with Gasteiger partial charge in [0.25, 0.3) is 5.91 Å². The second kappa shape index (κ2) is 6.55. The Morgan fingerprint density at radius 1 is 1.11 bits per heavy atom. The number of halogens is 1. The number of aliphatic carboxylic acids is 1. The summed E-state index contributed by atoms with van der Waals surface area (Å²) >= 11 is 5.96. The first-order chi connectivity index (χ1) is 13.0. The lowest BCUT2D eigenvalue weighted by molar-refractivity contribution is -0.137. The summed E-state index contributed by atoms with van der Waals surface area (Å²) in [5.74, 6) is -1.56. The number of carboxylic acids is 1. The van der Waals surface area contributed by atoms with Crippen LogP contribution in [0.25, 0.3) is 11.0 Å². The Balaban J connectivity index is 1.94. The first-order valence-corrected chi connectivity index (χ1v) is 8.69. The van der Waals surface area contributed by atoms with Crippen molar-refractivity contribution >= 4 is 34.4 Å². The number of fused-ring (bicyclic) bond motifs is 2. The Labute approximate surface area is 158 Å². The summed E-state index contributed by atoms with van der Waals surface area (Å²) in [6.45, 7) is -0.0402. The normalized spacial score (nSPS) is 16.0. The Morgan fingerprint density at radius 3 is 2.52 bits per heavy atom. The van der Waals surface area contributed by atoms with Crippen molar-refractivity contribution in [1.82, 2.24) is 4.90 Å². The molecule has 1 amide bonds. The van der Waals surface area contributed by atoms with E-state index >= 15 is 0 Å². The van der Waals surface area contributed by atoms with Crippen LogP contribution in [0.4, 0.5) is 0 Å². The molecule has 7 heteroatoms. The number of carbonyl (C=O) groups is 2. The number of rotatable bonds is 4. The van der Waals surface area contributed by atoms with E-state index in [2.05, 4.69) is 0 Å². The molecule has 0 aliphatic carbocycles. The molecular weight excluding hydrogens is 370 g/mol. The SMILES string of the molecule is O=C(O)CCN1C(=O)c2oc3ccccc3c(=O)c2[C@@H]1c1ccc(Cl)cc1. The number of para-hydroxylation sites is 1. The molecule has 1 atom stereocenters. The van der Waals surface area contributed by atoms with Gasteiger partial charge in [-0.1, -0.05) is 35.9 Å². The predicted molar refractivity (Wildman–Crippen MR) is 99.1 cm³/mol. The summed E-state index contributed by atoms with van der Waals surface area (Å²) < 4.78 is 5.75. The van der Waals surface area contributed by atoms with E-state index in [0.29, 0.717) is 21.6 Å². The van der Waals surface area contributed by atoms with E-state index in [0.717, 1.165) is 0 Å². The summed E-state index contributed by atoms with van der Waals surface area (Å²) in [6.07, 6.45) is -0.239. The standard InChI is InChI=1S/C20H14ClNO5/c21-12-7-5-11(6-8-12)17-16-18(25)13-3-1-2-4-14(13)27-19(16)20(26)22(17)10-9-15(23)24/h1-8,17H,9-10H2,(H,23,24)/t17-/m0/s1. The zero-order chi connectivity index (χ0) is 19.1. The second-order valence-electron chi connectivity index (χ2n) is 6.27. The van der Waals surface area contributed by atoms with Crippen molar-refractivity contribution < 1.29 is 19.1 Å². The third-order valence-electron chi connectivity index (χ3n) is 4.63. The molecule has 0 bridgehead atoms. The van der Waals surface area contributed by atoms with Crippen molar-refractivity contribution in [2.24, 2.45) is 0 Å². The number of amides is 1. The Morgan fingerprint density at radius 2 is 1.81 bits per heavy atom. The first kappa shape index (κ1) is 17.3. The van der Waals surface area contributed by atoms with E-state index in [-0.39, 0.29) is 29.7 Å². The number of carboxylic acid groups (broad SMARTS) is 1. The topological polar surface area (TPSA) is 87.8 Å². The predicted octanol–water partition coefficient (Wildman–Crippen LogP) is 3.47. The average molecular weight is 384 g/mol. The van der Waals surface area contributed by atoms with E-state index in [1.165, 1.54) is 4.90 Å². The van der Waals surface area contributed by atoms with E-state index < -0.39 is 17.9 Å². The molecule has 0 spiro atoms. The van der Waals surface area contributed by atoms with Crippen molar-refractivity contribution in [3.63, 3.8) is 0 Å². The van der Waals surface area contributed by atoms with Gasteiger partial charge in [-0.25, -0.2) is 0 Å². The molecule has 0 saturated carbocycles. The van der Waals surface area contributed by atoms with Crippen molar-refractivity contribution in [2.45, 2.75) is 12.5 Å². The van der Waals surface area contributed by atoms with Gasteiger partial charge < -0.3 is 14.4 Å². The molecule has 0 saturated heterocycles. The number of hydrogen-bond acceptors (Lipinski definition) is 4. The summed E-state index contributed by atoms with van der Waals surface area (Å²) in [7, 11) is 0. The molecule has 1 aliphatic heterocycles. The summed E-state index contributed by atoms with van der Waals surface area (Å²) in [6, 6.07) is 12.8. The minimum absolute atomic E-state index is 0.0379. The van der Waals surface area contributed by atoms with Crippen LogP contribution in [0.2, 0.25) is 5.02 Å².